The van der Waals surface area contributed by atoms with Gasteiger partial charge in [-0.2, -0.15) is 4.39 Å². The third-order valence-corrected chi connectivity index (χ3v) is 4.71. The molecule has 0 atom stereocenters. The van der Waals surface area contributed by atoms with Crippen LogP contribution in [0.2, 0.25) is 0 Å². The number of hydrogen-bond donors (Lipinski definition) is 1. The van der Waals surface area contributed by atoms with Gasteiger partial charge in [0.1, 0.15) is 17.0 Å². The van der Waals surface area contributed by atoms with Crippen LogP contribution < -0.4 is 5.32 Å². The van der Waals surface area contributed by atoms with Gasteiger partial charge >= 0.3 is 5.69 Å². The lowest BCUT2D eigenvalue weighted by molar-refractivity contribution is -0.387. The molecule has 1 N–H and O–H groups in total. The smallest absolute Gasteiger partial charge is 0.304 e. The molecule has 0 saturated heterocycles. The zero-order chi connectivity index (χ0) is 21.4. The van der Waals surface area contributed by atoms with Crippen molar-refractivity contribution in [3.63, 3.8) is 0 Å². The highest BCUT2D eigenvalue weighted by Crippen LogP contribution is 2.27. The van der Waals surface area contributed by atoms with E-state index in [1.807, 2.05) is 50.2 Å². The van der Waals surface area contributed by atoms with Crippen LogP contribution in [0.25, 0.3) is 16.9 Å². The minimum absolute atomic E-state index is 0.112. The number of nitrogens with zero attached hydrogens (tertiary/aromatic N) is 3. The second kappa shape index (κ2) is 7.40. The van der Waals surface area contributed by atoms with Crippen molar-refractivity contribution in [2.24, 2.45) is 0 Å². The van der Waals surface area contributed by atoms with Crippen molar-refractivity contribution in [1.82, 2.24) is 9.38 Å². The number of hydrogen-bond acceptors (Lipinski definition) is 4. The van der Waals surface area contributed by atoms with E-state index in [4.69, 9.17) is 0 Å². The third-order valence-electron chi connectivity index (χ3n) is 4.71. The maximum atomic E-state index is 14.0. The van der Waals surface area contributed by atoms with Gasteiger partial charge in [-0.3, -0.25) is 19.3 Å². The molecular formula is C22H17FN4O3. The maximum absolute atomic E-state index is 14.0. The van der Waals surface area contributed by atoms with Crippen LogP contribution in [0.4, 0.5) is 15.8 Å². The fourth-order valence-corrected chi connectivity index (χ4v) is 3.20. The summed E-state index contributed by atoms with van der Waals surface area (Å²) in [6.45, 7) is 3.87. The Bertz CT molecular complexity index is 1300. The van der Waals surface area contributed by atoms with Crippen LogP contribution in [0.5, 0.6) is 0 Å². The van der Waals surface area contributed by atoms with Gasteiger partial charge in [-0.25, -0.2) is 4.98 Å². The van der Waals surface area contributed by atoms with Gasteiger partial charge in [0.05, 0.1) is 4.92 Å². The summed E-state index contributed by atoms with van der Waals surface area (Å²) in [5.74, 6) is -1.53. The zero-order valence-electron chi connectivity index (χ0n) is 16.2. The summed E-state index contributed by atoms with van der Waals surface area (Å²) in [4.78, 5) is 27.8. The first-order valence-electron chi connectivity index (χ1n) is 9.14. The van der Waals surface area contributed by atoms with Crippen LogP contribution >= 0.6 is 0 Å². The molecule has 0 aliphatic carbocycles. The van der Waals surface area contributed by atoms with Crippen LogP contribution in [-0.4, -0.2) is 20.2 Å². The number of aromatic nitrogens is 2. The molecule has 1 amide bonds. The Morgan fingerprint density at radius 3 is 2.43 bits per heavy atom. The predicted molar refractivity (Wildman–Crippen MR) is 111 cm³/mol. The van der Waals surface area contributed by atoms with E-state index in [2.05, 4.69) is 10.3 Å². The molecule has 2 heterocycles. The van der Waals surface area contributed by atoms with Gasteiger partial charge in [-0.15, -0.1) is 0 Å². The average Bonchev–Trinajstić information content (AvgIpc) is 3.07. The molecule has 8 heteroatoms. The minimum atomic E-state index is -1.02. The molecule has 0 bridgehead atoms. The fraction of sp³-hybridized carbons (Fsp3) is 0.0909. The van der Waals surface area contributed by atoms with Crippen LogP contribution in [-0.2, 0) is 0 Å². The quantitative estimate of drug-likeness (QED) is 0.386. The van der Waals surface area contributed by atoms with Crippen molar-refractivity contribution in [3.8, 4) is 11.3 Å². The summed E-state index contributed by atoms with van der Waals surface area (Å²) >= 11 is 0. The third kappa shape index (κ3) is 3.50. The van der Waals surface area contributed by atoms with Crippen LogP contribution in [0.3, 0.4) is 0 Å². The lowest BCUT2D eigenvalue weighted by Crippen LogP contribution is -2.16. The highest BCUT2D eigenvalue weighted by atomic mass is 19.1. The number of nitrogens with one attached hydrogen (secondary N) is 1. The molecular weight excluding hydrogens is 387 g/mol. The molecule has 0 spiro atoms. The topological polar surface area (TPSA) is 89.5 Å². The van der Waals surface area contributed by atoms with Crippen molar-refractivity contribution < 1.29 is 14.1 Å². The number of imidazole rings is 1. The number of benzene rings is 2. The average molecular weight is 404 g/mol. The van der Waals surface area contributed by atoms with E-state index in [1.165, 1.54) is 6.07 Å². The molecule has 7 nitrogen and oxygen atoms in total. The second-order valence-electron chi connectivity index (χ2n) is 6.99. The first-order valence-corrected chi connectivity index (χ1v) is 9.14. The molecule has 0 radical (unpaired) electrons. The Hall–Kier alpha value is -4.07. The number of rotatable bonds is 4. The van der Waals surface area contributed by atoms with Gasteiger partial charge in [0, 0.05) is 29.6 Å². The van der Waals surface area contributed by atoms with E-state index in [1.54, 1.807) is 10.6 Å². The Morgan fingerprint density at radius 1 is 1.07 bits per heavy atom. The molecule has 2 aromatic carbocycles. The normalized spacial score (nSPS) is 10.9. The van der Waals surface area contributed by atoms with Crippen LogP contribution in [0.15, 0.2) is 60.8 Å². The van der Waals surface area contributed by atoms with E-state index in [9.17, 15) is 19.3 Å². The van der Waals surface area contributed by atoms with Gasteiger partial charge in [-0.05, 0) is 31.5 Å². The monoisotopic (exact) mass is 404 g/mol. The van der Waals surface area contributed by atoms with Gasteiger partial charge in [0.25, 0.3) is 5.91 Å². The lowest BCUT2D eigenvalue weighted by atomic mass is 10.1. The number of carbonyl (C=O) groups excluding carboxylic acids is 1. The van der Waals surface area contributed by atoms with Crippen LogP contribution in [0.1, 0.15) is 21.6 Å². The number of anilines is 1. The standard InChI is InChI=1S/C22H17FN4O3/c1-13-3-6-15(7-4-13)20-21(26-12-14(2)5-10-19(26)25-20)22(28)24-16-8-9-18(27(29)30)17(23)11-16/h3-12H,1-2H3,(H,24,28). The van der Waals surface area contributed by atoms with Gasteiger partial charge in [0.15, 0.2) is 0 Å². The minimum Gasteiger partial charge on any atom is -0.321 e. The zero-order valence-corrected chi connectivity index (χ0v) is 16.2. The molecule has 0 aliphatic heterocycles. The Balaban J connectivity index is 1.80. The first kappa shape index (κ1) is 19.3. The molecule has 4 rings (SSSR count). The number of carbonyl (C=O) groups is 1. The van der Waals surface area contributed by atoms with Crippen LogP contribution in [0, 0.1) is 29.8 Å². The summed E-state index contributed by atoms with van der Waals surface area (Å²) in [6.07, 6.45) is 1.80. The predicted octanol–water partition coefficient (Wildman–Crippen LogP) is 4.92. The Labute approximate surface area is 171 Å². The lowest BCUT2D eigenvalue weighted by Gasteiger charge is -2.08. The fourth-order valence-electron chi connectivity index (χ4n) is 3.20. The highest BCUT2D eigenvalue weighted by molar-refractivity contribution is 6.07. The summed E-state index contributed by atoms with van der Waals surface area (Å²) in [5.41, 5.74) is 3.60. The number of nitro groups is 1. The Kier molecular flexibility index (Phi) is 4.75. The van der Waals surface area contributed by atoms with Crippen molar-refractivity contribution in [1.29, 1.82) is 0 Å². The van der Waals surface area contributed by atoms with E-state index >= 15 is 0 Å². The second-order valence-corrected chi connectivity index (χ2v) is 6.99. The maximum Gasteiger partial charge on any atom is 0.304 e. The molecule has 0 saturated carbocycles. The van der Waals surface area contributed by atoms with E-state index in [-0.39, 0.29) is 11.4 Å². The van der Waals surface area contributed by atoms with Gasteiger partial charge in [-0.1, -0.05) is 35.9 Å². The van der Waals surface area contributed by atoms with Crippen molar-refractivity contribution in [2.75, 3.05) is 5.32 Å². The summed E-state index contributed by atoms with van der Waals surface area (Å²) in [7, 11) is 0. The van der Waals surface area contributed by atoms with E-state index < -0.39 is 22.3 Å². The van der Waals surface area contributed by atoms with Crippen molar-refractivity contribution in [2.45, 2.75) is 13.8 Å². The van der Waals surface area contributed by atoms with E-state index in [0.29, 0.717) is 11.3 Å². The molecule has 2 aromatic heterocycles. The SMILES string of the molecule is Cc1ccc(-c2nc3ccc(C)cn3c2C(=O)Nc2ccc([N+](=O)[O-])c(F)c2)cc1. The number of amides is 1. The van der Waals surface area contributed by atoms with Crippen molar-refractivity contribution in [3.05, 3.63) is 93.5 Å². The molecule has 0 unspecified atom stereocenters. The summed E-state index contributed by atoms with van der Waals surface area (Å²) < 4.78 is 15.7. The highest BCUT2D eigenvalue weighted by Gasteiger charge is 2.22. The van der Waals surface area contributed by atoms with Gasteiger partial charge < -0.3 is 5.32 Å². The van der Waals surface area contributed by atoms with Crippen molar-refractivity contribution >= 4 is 22.9 Å². The number of halogens is 1. The summed E-state index contributed by atoms with van der Waals surface area (Å²) in [6, 6.07) is 14.6. The molecule has 4 aromatic rings. The first-order chi connectivity index (χ1) is 14.3. The van der Waals surface area contributed by atoms with E-state index in [0.717, 1.165) is 28.8 Å². The molecule has 150 valence electrons. The Morgan fingerprint density at radius 2 is 1.77 bits per heavy atom. The van der Waals surface area contributed by atoms with Gasteiger partial charge in [0.2, 0.25) is 5.82 Å². The molecule has 0 aliphatic rings. The largest absolute Gasteiger partial charge is 0.321 e. The number of pyridine rings is 1. The molecule has 0 fully saturated rings. The number of fused-ring (bicyclic) bond motifs is 1. The molecule has 30 heavy (non-hydrogen) atoms. The number of aryl methyl sites for hydroxylation is 2. The number of nitro benzene ring substituents is 1. The summed E-state index contributed by atoms with van der Waals surface area (Å²) in [5, 5.41) is 13.4.